The molecule has 0 fully saturated rings. The van der Waals surface area contributed by atoms with E-state index in [-0.39, 0.29) is 18.2 Å². The van der Waals surface area contributed by atoms with E-state index in [9.17, 15) is 4.79 Å². The van der Waals surface area contributed by atoms with Crippen LogP contribution in [0.3, 0.4) is 0 Å². The van der Waals surface area contributed by atoms with Gasteiger partial charge in [-0.15, -0.1) is 12.4 Å². The van der Waals surface area contributed by atoms with Gasteiger partial charge in [0.1, 0.15) is 6.04 Å². The highest BCUT2D eigenvalue weighted by molar-refractivity contribution is 6.31. The molecular weight excluding hydrogens is 377 g/mol. The summed E-state index contributed by atoms with van der Waals surface area (Å²) in [6, 6.07) is 23.3. The summed E-state index contributed by atoms with van der Waals surface area (Å²) in [6.45, 7) is 0. The van der Waals surface area contributed by atoms with Crippen molar-refractivity contribution in [2.45, 2.75) is 6.04 Å². The van der Waals surface area contributed by atoms with E-state index in [2.05, 4.69) is 5.32 Å². The lowest BCUT2D eigenvalue weighted by molar-refractivity contribution is 0.0969. The number of Topliss-reactive ketones (excluding diaryl/α,β-unsaturated/α-hetero) is 1. The van der Waals surface area contributed by atoms with Crippen LogP contribution in [0.2, 0.25) is 10.0 Å². The minimum atomic E-state index is -0.508. The molecule has 1 atom stereocenters. The summed E-state index contributed by atoms with van der Waals surface area (Å²) in [4.78, 5) is 13.0. The van der Waals surface area contributed by atoms with Gasteiger partial charge in [-0.05, 0) is 54.1 Å². The number of hydrogen-bond donors (Lipinski definition) is 1. The van der Waals surface area contributed by atoms with E-state index in [0.717, 1.165) is 11.3 Å². The van der Waals surface area contributed by atoms with Gasteiger partial charge in [-0.25, -0.2) is 0 Å². The average Bonchev–Trinajstić information content (AvgIpc) is 2.62. The highest BCUT2D eigenvalue weighted by Gasteiger charge is 2.22. The van der Waals surface area contributed by atoms with E-state index in [1.165, 1.54) is 0 Å². The summed E-state index contributed by atoms with van der Waals surface area (Å²) in [5.74, 6) is -0.0298. The molecule has 128 valence electrons. The lowest BCUT2D eigenvalue weighted by Crippen LogP contribution is -2.21. The van der Waals surface area contributed by atoms with E-state index in [1.807, 2.05) is 42.5 Å². The molecule has 25 heavy (non-hydrogen) atoms. The molecule has 0 saturated heterocycles. The molecule has 0 aliphatic heterocycles. The highest BCUT2D eigenvalue weighted by atomic mass is 35.5. The summed E-state index contributed by atoms with van der Waals surface area (Å²) in [5.41, 5.74) is 2.32. The first-order valence-corrected chi connectivity index (χ1v) is 8.26. The van der Waals surface area contributed by atoms with Gasteiger partial charge in [-0.3, -0.25) is 4.79 Å². The van der Waals surface area contributed by atoms with Crippen LogP contribution in [0.4, 0.5) is 5.69 Å². The van der Waals surface area contributed by atoms with E-state index >= 15 is 0 Å². The van der Waals surface area contributed by atoms with Crippen LogP contribution in [0.5, 0.6) is 0 Å². The Bertz CT molecular complexity index is 818. The van der Waals surface area contributed by atoms with Crippen molar-refractivity contribution in [1.82, 2.24) is 0 Å². The Labute approximate surface area is 163 Å². The molecule has 0 bridgehead atoms. The van der Waals surface area contributed by atoms with Crippen molar-refractivity contribution in [3.63, 3.8) is 0 Å². The topological polar surface area (TPSA) is 29.1 Å². The van der Waals surface area contributed by atoms with Gasteiger partial charge in [0.25, 0.3) is 0 Å². The van der Waals surface area contributed by atoms with Crippen molar-refractivity contribution in [1.29, 1.82) is 0 Å². The second-order valence-electron chi connectivity index (χ2n) is 5.37. The molecule has 3 aromatic carbocycles. The molecule has 0 aromatic heterocycles. The highest BCUT2D eigenvalue weighted by Crippen LogP contribution is 2.25. The number of anilines is 1. The minimum absolute atomic E-state index is 0. The molecule has 0 aliphatic carbocycles. The first kappa shape index (κ1) is 19.3. The first-order valence-electron chi connectivity index (χ1n) is 7.50. The van der Waals surface area contributed by atoms with Crippen LogP contribution in [0.15, 0.2) is 78.9 Å². The second-order valence-corrected chi connectivity index (χ2v) is 6.24. The van der Waals surface area contributed by atoms with Gasteiger partial charge >= 0.3 is 0 Å². The molecule has 0 saturated carbocycles. The Kier molecular flexibility index (Phi) is 6.89. The maximum Gasteiger partial charge on any atom is 0.189 e. The average molecular weight is 393 g/mol. The van der Waals surface area contributed by atoms with Crippen molar-refractivity contribution in [3.05, 3.63) is 100 Å². The third kappa shape index (κ3) is 4.99. The largest absolute Gasteiger partial charge is 0.371 e. The zero-order valence-corrected chi connectivity index (χ0v) is 15.5. The molecule has 5 heteroatoms. The monoisotopic (exact) mass is 391 g/mol. The molecular formula is C20H16Cl3NO. The zero-order valence-electron chi connectivity index (χ0n) is 13.2. The van der Waals surface area contributed by atoms with Crippen LogP contribution in [0.1, 0.15) is 22.0 Å². The Morgan fingerprint density at radius 1 is 0.760 bits per heavy atom. The van der Waals surface area contributed by atoms with Gasteiger partial charge in [-0.2, -0.15) is 0 Å². The number of para-hydroxylation sites is 1. The standard InChI is InChI=1S/C20H15Cl2NO.ClH/c21-16-10-6-14(7-11-16)19(23-18-4-2-1-3-5-18)20(24)15-8-12-17(22)13-9-15;/h1-13,19,23H;1H. The third-order valence-electron chi connectivity index (χ3n) is 3.68. The number of ketones is 1. The molecule has 1 unspecified atom stereocenters. The van der Waals surface area contributed by atoms with Gasteiger partial charge in [0.05, 0.1) is 0 Å². The number of hydrogen-bond acceptors (Lipinski definition) is 2. The lowest BCUT2D eigenvalue weighted by Gasteiger charge is -2.19. The summed E-state index contributed by atoms with van der Waals surface area (Å²) >= 11 is 11.9. The van der Waals surface area contributed by atoms with E-state index < -0.39 is 6.04 Å². The fourth-order valence-corrected chi connectivity index (χ4v) is 2.69. The Morgan fingerprint density at radius 2 is 1.28 bits per heavy atom. The van der Waals surface area contributed by atoms with E-state index in [4.69, 9.17) is 23.2 Å². The number of carbonyl (C=O) groups is 1. The van der Waals surface area contributed by atoms with Crippen molar-refractivity contribution in [3.8, 4) is 0 Å². The summed E-state index contributed by atoms with van der Waals surface area (Å²) in [5, 5.41) is 4.54. The molecule has 0 amide bonds. The van der Waals surface area contributed by atoms with Crippen LogP contribution in [0.25, 0.3) is 0 Å². The van der Waals surface area contributed by atoms with Crippen molar-refractivity contribution in [2.24, 2.45) is 0 Å². The molecule has 0 aliphatic rings. The number of nitrogens with one attached hydrogen (secondary N) is 1. The molecule has 0 spiro atoms. The normalized spacial score (nSPS) is 11.3. The van der Waals surface area contributed by atoms with E-state index in [0.29, 0.717) is 15.6 Å². The second kappa shape index (κ2) is 8.91. The van der Waals surface area contributed by atoms with Gasteiger partial charge in [0.15, 0.2) is 5.78 Å². The van der Waals surface area contributed by atoms with Crippen LogP contribution < -0.4 is 5.32 Å². The van der Waals surface area contributed by atoms with Crippen LogP contribution >= 0.6 is 35.6 Å². The van der Waals surface area contributed by atoms with Crippen molar-refractivity contribution >= 4 is 47.1 Å². The Balaban J connectivity index is 0.00000225. The van der Waals surface area contributed by atoms with Gasteiger partial charge in [0, 0.05) is 21.3 Å². The van der Waals surface area contributed by atoms with Crippen molar-refractivity contribution < 1.29 is 4.79 Å². The number of rotatable bonds is 5. The predicted molar refractivity (Wildman–Crippen MR) is 107 cm³/mol. The van der Waals surface area contributed by atoms with Crippen molar-refractivity contribution in [2.75, 3.05) is 5.32 Å². The number of benzene rings is 3. The van der Waals surface area contributed by atoms with E-state index in [1.54, 1.807) is 36.4 Å². The summed E-state index contributed by atoms with van der Waals surface area (Å²) < 4.78 is 0. The van der Waals surface area contributed by atoms with Gasteiger partial charge < -0.3 is 5.32 Å². The SMILES string of the molecule is Cl.O=C(c1ccc(Cl)cc1)C(Nc1ccccc1)c1ccc(Cl)cc1. The number of carbonyl (C=O) groups excluding carboxylic acids is 1. The maximum atomic E-state index is 13.0. The summed E-state index contributed by atoms with van der Waals surface area (Å²) in [6.07, 6.45) is 0. The maximum absolute atomic E-state index is 13.0. The van der Waals surface area contributed by atoms with Gasteiger partial charge in [-0.1, -0.05) is 53.5 Å². The fourth-order valence-electron chi connectivity index (χ4n) is 2.44. The lowest BCUT2D eigenvalue weighted by atomic mass is 9.97. The van der Waals surface area contributed by atoms with Crippen LogP contribution in [-0.4, -0.2) is 5.78 Å². The summed E-state index contributed by atoms with van der Waals surface area (Å²) in [7, 11) is 0. The fraction of sp³-hybridized carbons (Fsp3) is 0.0500. The Morgan fingerprint density at radius 3 is 1.84 bits per heavy atom. The first-order chi connectivity index (χ1) is 11.6. The molecule has 1 N–H and O–H groups in total. The quantitative estimate of drug-likeness (QED) is 0.505. The third-order valence-corrected chi connectivity index (χ3v) is 4.18. The smallest absolute Gasteiger partial charge is 0.189 e. The molecule has 0 radical (unpaired) electrons. The van der Waals surface area contributed by atoms with Crippen LogP contribution in [-0.2, 0) is 0 Å². The molecule has 3 rings (SSSR count). The molecule has 3 aromatic rings. The number of halogens is 3. The predicted octanol–water partition coefficient (Wildman–Crippen LogP) is 6.45. The molecule has 0 heterocycles. The molecule has 2 nitrogen and oxygen atoms in total. The van der Waals surface area contributed by atoms with Crippen LogP contribution in [0, 0.1) is 0 Å². The van der Waals surface area contributed by atoms with Gasteiger partial charge in [0.2, 0.25) is 0 Å². The zero-order chi connectivity index (χ0) is 16.9. The minimum Gasteiger partial charge on any atom is -0.371 e. The Hall–Kier alpha value is -2.00.